The van der Waals surface area contributed by atoms with Crippen LogP contribution in [0.5, 0.6) is 0 Å². The van der Waals surface area contributed by atoms with Gasteiger partial charge in [-0.2, -0.15) is 0 Å². The smallest absolute Gasteiger partial charge is 0.177 e. The Kier molecular flexibility index (Phi) is 2.84. The van der Waals surface area contributed by atoms with Gasteiger partial charge in [0.25, 0.3) is 0 Å². The van der Waals surface area contributed by atoms with E-state index in [1.807, 2.05) is 36.7 Å². The number of hydrogen-bond donors (Lipinski definition) is 0. The Labute approximate surface area is 136 Å². The molecular weight excluding hydrogens is 400 g/mol. The number of fused-ring (bicyclic) bond motifs is 3. The first-order valence-electron chi connectivity index (χ1n) is 6.41. The van der Waals surface area contributed by atoms with Crippen LogP contribution in [-0.4, -0.2) is 15.7 Å². The van der Waals surface area contributed by atoms with E-state index >= 15 is 0 Å². The van der Waals surface area contributed by atoms with E-state index in [0.717, 1.165) is 32.0 Å². The SMILES string of the molecule is CC1N=c2cc(Br)c3nc(-c4ccc(Br)o4)n(C)c3c2=N1. The van der Waals surface area contributed by atoms with Crippen molar-refractivity contribution in [2.45, 2.75) is 13.1 Å². The second kappa shape index (κ2) is 4.51. The maximum absolute atomic E-state index is 5.62. The summed E-state index contributed by atoms with van der Waals surface area (Å²) in [6.07, 6.45) is -0.0476. The number of rotatable bonds is 1. The monoisotopic (exact) mass is 408 g/mol. The molecule has 1 aliphatic rings. The van der Waals surface area contributed by atoms with Gasteiger partial charge in [-0.15, -0.1) is 0 Å². The van der Waals surface area contributed by atoms with Crippen molar-refractivity contribution >= 4 is 42.9 Å². The molecule has 0 N–H and O–H groups in total. The maximum Gasteiger partial charge on any atom is 0.177 e. The Morgan fingerprint density at radius 2 is 2.05 bits per heavy atom. The number of benzene rings is 1. The van der Waals surface area contributed by atoms with Crippen LogP contribution in [0.1, 0.15) is 6.92 Å². The predicted octanol–water partition coefficient (Wildman–Crippen LogP) is 2.96. The molecule has 3 aromatic rings. The number of hydrogen-bond acceptors (Lipinski definition) is 4. The summed E-state index contributed by atoms with van der Waals surface area (Å²) in [5.74, 6) is 1.48. The van der Waals surface area contributed by atoms with E-state index < -0.39 is 0 Å². The van der Waals surface area contributed by atoms with Crippen molar-refractivity contribution < 1.29 is 4.42 Å². The average molecular weight is 410 g/mol. The molecule has 0 bridgehead atoms. The van der Waals surface area contributed by atoms with Gasteiger partial charge in [0, 0.05) is 11.5 Å². The first-order chi connectivity index (χ1) is 10.0. The number of furan rings is 1. The summed E-state index contributed by atoms with van der Waals surface area (Å²) >= 11 is 6.90. The van der Waals surface area contributed by atoms with Crippen molar-refractivity contribution in [2.75, 3.05) is 0 Å². The zero-order valence-electron chi connectivity index (χ0n) is 11.3. The normalized spacial score (nSPS) is 16.9. The molecule has 1 aromatic carbocycles. The first-order valence-corrected chi connectivity index (χ1v) is 7.99. The fourth-order valence-corrected chi connectivity index (χ4v) is 3.41. The Bertz CT molecular complexity index is 1000. The molecule has 2 aromatic heterocycles. The van der Waals surface area contributed by atoms with E-state index in [1.165, 1.54) is 0 Å². The van der Waals surface area contributed by atoms with Gasteiger partial charge in [-0.3, -0.25) is 9.98 Å². The molecule has 0 fully saturated rings. The van der Waals surface area contributed by atoms with Gasteiger partial charge in [0.2, 0.25) is 0 Å². The zero-order valence-corrected chi connectivity index (χ0v) is 14.4. The number of aromatic nitrogens is 2. The van der Waals surface area contributed by atoms with Crippen LogP contribution >= 0.6 is 31.9 Å². The van der Waals surface area contributed by atoms with Crippen LogP contribution in [0.15, 0.2) is 41.7 Å². The summed E-state index contributed by atoms with van der Waals surface area (Å²) in [5.41, 5.74) is 1.84. The van der Waals surface area contributed by atoms with Gasteiger partial charge in [-0.1, -0.05) is 0 Å². The van der Waals surface area contributed by atoms with Crippen molar-refractivity contribution in [1.29, 1.82) is 0 Å². The third-order valence-electron chi connectivity index (χ3n) is 3.49. The van der Waals surface area contributed by atoms with Crippen molar-refractivity contribution in [1.82, 2.24) is 9.55 Å². The summed E-state index contributed by atoms with van der Waals surface area (Å²) in [5, 5.41) is 1.80. The molecule has 1 aliphatic heterocycles. The van der Waals surface area contributed by atoms with Crippen LogP contribution in [0.3, 0.4) is 0 Å². The van der Waals surface area contributed by atoms with Gasteiger partial charge >= 0.3 is 0 Å². The summed E-state index contributed by atoms with van der Waals surface area (Å²) in [7, 11) is 1.96. The van der Waals surface area contributed by atoms with Crippen LogP contribution < -0.4 is 10.7 Å². The second-order valence-electron chi connectivity index (χ2n) is 4.91. The highest BCUT2D eigenvalue weighted by Gasteiger charge is 2.19. The molecule has 21 heavy (non-hydrogen) atoms. The molecular formula is C14H10Br2N4O. The molecule has 0 saturated carbocycles. The lowest BCUT2D eigenvalue weighted by Gasteiger charge is -1.99. The number of halogens is 2. The fraction of sp³-hybridized carbons (Fsp3) is 0.214. The quantitative estimate of drug-likeness (QED) is 0.620. The lowest BCUT2D eigenvalue weighted by Crippen LogP contribution is -2.24. The highest BCUT2D eigenvalue weighted by molar-refractivity contribution is 9.10. The van der Waals surface area contributed by atoms with E-state index in [4.69, 9.17) is 9.40 Å². The van der Waals surface area contributed by atoms with Crippen molar-refractivity contribution in [2.24, 2.45) is 17.0 Å². The van der Waals surface area contributed by atoms with E-state index in [1.54, 1.807) is 0 Å². The summed E-state index contributed by atoms with van der Waals surface area (Å²) < 4.78 is 9.22. The third kappa shape index (κ3) is 1.91. The van der Waals surface area contributed by atoms with Crippen molar-refractivity contribution in [3.8, 4) is 11.6 Å². The molecule has 1 atom stereocenters. The molecule has 0 aliphatic carbocycles. The maximum atomic E-state index is 5.62. The number of nitrogens with zero attached hydrogens (tertiary/aromatic N) is 4. The van der Waals surface area contributed by atoms with Crippen LogP contribution in [0.2, 0.25) is 0 Å². The molecule has 0 spiro atoms. The van der Waals surface area contributed by atoms with E-state index in [2.05, 4.69) is 41.8 Å². The topological polar surface area (TPSA) is 55.7 Å². The van der Waals surface area contributed by atoms with Crippen LogP contribution in [0.4, 0.5) is 0 Å². The van der Waals surface area contributed by atoms with E-state index in [0.29, 0.717) is 10.4 Å². The minimum atomic E-state index is -0.0476. The number of aryl methyl sites for hydroxylation is 1. The van der Waals surface area contributed by atoms with Gasteiger partial charge < -0.3 is 8.98 Å². The molecule has 0 radical (unpaired) electrons. The molecule has 0 saturated heterocycles. The van der Waals surface area contributed by atoms with E-state index in [9.17, 15) is 0 Å². The Hall–Kier alpha value is -1.47. The Balaban J connectivity index is 2.14. The summed E-state index contributed by atoms with van der Waals surface area (Å²) in [6, 6.07) is 5.72. The van der Waals surface area contributed by atoms with Gasteiger partial charge in [0.1, 0.15) is 17.0 Å². The standard InChI is InChI=1S/C14H10Br2N4O/c1-6-17-8-5-7(15)11-13(12(8)18-6)20(2)14(19-11)9-3-4-10(16)21-9/h3-6H,1-2H3. The minimum absolute atomic E-state index is 0.0476. The van der Waals surface area contributed by atoms with Crippen LogP contribution in [0.25, 0.3) is 22.6 Å². The van der Waals surface area contributed by atoms with Gasteiger partial charge in [0.15, 0.2) is 16.3 Å². The van der Waals surface area contributed by atoms with Gasteiger partial charge in [0.05, 0.1) is 10.9 Å². The summed E-state index contributed by atoms with van der Waals surface area (Å²) in [6.45, 7) is 1.97. The van der Waals surface area contributed by atoms with Crippen LogP contribution in [-0.2, 0) is 7.05 Å². The minimum Gasteiger partial charge on any atom is -0.446 e. The third-order valence-corrected chi connectivity index (χ3v) is 4.52. The molecule has 4 rings (SSSR count). The first kappa shape index (κ1) is 13.2. The van der Waals surface area contributed by atoms with Gasteiger partial charge in [-0.25, -0.2) is 4.98 Å². The average Bonchev–Trinajstić information content (AvgIpc) is 3.07. The summed E-state index contributed by atoms with van der Waals surface area (Å²) in [4.78, 5) is 13.8. The van der Waals surface area contributed by atoms with Gasteiger partial charge in [-0.05, 0) is 57.0 Å². The molecule has 1 unspecified atom stereocenters. The van der Waals surface area contributed by atoms with E-state index in [-0.39, 0.29) is 6.17 Å². The van der Waals surface area contributed by atoms with Crippen molar-refractivity contribution in [3.63, 3.8) is 0 Å². The lowest BCUT2D eigenvalue weighted by molar-refractivity contribution is 0.549. The molecule has 0 amide bonds. The molecule has 3 heterocycles. The predicted molar refractivity (Wildman–Crippen MR) is 85.6 cm³/mol. The lowest BCUT2D eigenvalue weighted by atomic mass is 10.3. The number of imidazole rings is 1. The molecule has 5 nitrogen and oxygen atoms in total. The van der Waals surface area contributed by atoms with Crippen LogP contribution in [0, 0.1) is 0 Å². The Morgan fingerprint density at radius 1 is 1.24 bits per heavy atom. The Morgan fingerprint density at radius 3 is 2.76 bits per heavy atom. The van der Waals surface area contributed by atoms with Crippen molar-refractivity contribution in [3.05, 3.63) is 38.1 Å². The largest absolute Gasteiger partial charge is 0.446 e. The molecule has 106 valence electrons. The fourth-order valence-electron chi connectivity index (χ4n) is 2.61. The highest BCUT2D eigenvalue weighted by atomic mass is 79.9. The second-order valence-corrected chi connectivity index (χ2v) is 6.55. The zero-order chi connectivity index (χ0) is 14.7. The highest BCUT2D eigenvalue weighted by Crippen LogP contribution is 2.28. The molecule has 7 heteroatoms.